The van der Waals surface area contributed by atoms with E-state index in [2.05, 4.69) is 6.58 Å². The van der Waals surface area contributed by atoms with Gasteiger partial charge in [0.05, 0.1) is 6.10 Å². The number of aliphatic hydroxyl groups excluding tert-OH is 1. The fourth-order valence-corrected chi connectivity index (χ4v) is 1.98. The summed E-state index contributed by atoms with van der Waals surface area (Å²) in [5, 5.41) is 9.44. The minimum atomic E-state index is -0.114. The first-order chi connectivity index (χ1) is 5.70. The van der Waals surface area contributed by atoms with E-state index >= 15 is 0 Å². The molecule has 1 saturated carbocycles. The Hall–Kier alpha value is -0.300. The van der Waals surface area contributed by atoms with E-state index in [1.54, 1.807) is 0 Å². The van der Waals surface area contributed by atoms with Gasteiger partial charge in [-0.25, -0.2) is 0 Å². The van der Waals surface area contributed by atoms with Crippen LogP contribution in [0, 0.1) is 5.92 Å². The van der Waals surface area contributed by atoms with Crippen LogP contribution in [0.25, 0.3) is 0 Å². The number of hydrogen-bond acceptors (Lipinski definition) is 1. The van der Waals surface area contributed by atoms with Crippen molar-refractivity contribution < 1.29 is 5.11 Å². The number of hydrogen-bond donors (Lipinski definition) is 1. The average molecular weight is 168 g/mol. The molecule has 1 rings (SSSR count). The Bertz CT molecular complexity index is 137. The van der Waals surface area contributed by atoms with Crippen molar-refractivity contribution in [3.8, 4) is 0 Å². The van der Waals surface area contributed by atoms with E-state index in [0.717, 1.165) is 0 Å². The Morgan fingerprint density at radius 2 is 1.83 bits per heavy atom. The number of aliphatic hydroxyl groups is 1. The molecule has 0 aliphatic heterocycles. The molecule has 0 heterocycles. The van der Waals surface area contributed by atoms with Crippen LogP contribution in [0.4, 0.5) is 0 Å². The zero-order valence-corrected chi connectivity index (χ0v) is 8.05. The van der Waals surface area contributed by atoms with Crippen LogP contribution in [0.15, 0.2) is 12.2 Å². The van der Waals surface area contributed by atoms with Gasteiger partial charge in [0, 0.05) is 0 Å². The van der Waals surface area contributed by atoms with Crippen LogP contribution in [0.5, 0.6) is 0 Å². The zero-order valence-electron chi connectivity index (χ0n) is 8.05. The molecule has 0 aromatic carbocycles. The van der Waals surface area contributed by atoms with Crippen molar-refractivity contribution in [3.05, 3.63) is 12.2 Å². The summed E-state index contributed by atoms with van der Waals surface area (Å²) in [6.45, 7) is 5.94. The van der Waals surface area contributed by atoms with E-state index < -0.39 is 0 Å². The summed E-state index contributed by atoms with van der Waals surface area (Å²) in [6.07, 6.45) is 7.01. The lowest BCUT2D eigenvalue weighted by Crippen LogP contribution is -2.17. The highest BCUT2D eigenvalue weighted by Crippen LogP contribution is 2.26. The van der Waals surface area contributed by atoms with Gasteiger partial charge in [-0.1, -0.05) is 12.2 Å². The molecule has 1 unspecified atom stereocenters. The molecular weight excluding hydrogens is 148 g/mol. The predicted octanol–water partition coefficient (Wildman–Crippen LogP) is 2.89. The molecule has 1 atom stereocenters. The topological polar surface area (TPSA) is 20.2 Å². The highest BCUT2D eigenvalue weighted by atomic mass is 16.3. The highest BCUT2D eigenvalue weighted by molar-refractivity contribution is 4.95. The molecule has 0 aromatic rings. The molecule has 1 nitrogen and oxygen atoms in total. The zero-order chi connectivity index (χ0) is 8.97. The van der Waals surface area contributed by atoms with Crippen LogP contribution < -0.4 is 0 Å². The monoisotopic (exact) mass is 168 g/mol. The molecule has 0 saturated heterocycles. The largest absolute Gasteiger partial charge is 0.393 e. The average Bonchev–Trinajstić information content (AvgIpc) is 1.95. The molecule has 1 fully saturated rings. The molecule has 1 N–H and O–H groups in total. The summed E-state index contributed by atoms with van der Waals surface area (Å²) in [4.78, 5) is 0. The van der Waals surface area contributed by atoms with Crippen molar-refractivity contribution in [3.63, 3.8) is 0 Å². The molecule has 0 radical (unpaired) electrons. The van der Waals surface area contributed by atoms with Crippen LogP contribution in [0.2, 0.25) is 0 Å². The smallest absolute Gasteiger partial charge is 0.0540 e. The van der Waals surface area contributed by atoms with E-state index in [-0.39, 0.29) is 6.10 Å². The Morgan fingerprint density at radius 3 is 2.25 bits per heavy atom. The van der Waals surface area contributed by atoms with E-state index in [1.165, 1.54) is 44.1 Å². The second kappa shape index (κ2) is 4.66. The van der Waals surface area contributed by atoms with Crippen molar-refractivity contribution in [2.75, 3.05) is 0 Å². The Labute approximate surface area is 75.5 Å². The lowest BCUT2D eigenvalue weighted by molar-refractivity contribution is 0.110. The van der Waals surface area contributed by atoms with Crippen molar-refractivity contribution >= 4 is 0 Å². The van der Waals surface area contributed by atoms with Crippen molar-refractivity contribution in [2.45, 2.75) is 51.6 Å². The van der Waals surface area contributed by atoms with Crippen molar-refractivity contribution in [1.82, 2.24) is 0 Å². The maximum Gasteiger partial charge on any atom is 0.0540 e. The summed E-state index contributed by atoms with van der Waals surface area (Å²) in [7, 11) is 0. The first kappa shape index (κ1) is 9.79. The predicted molar refractivity (Wildman–Crippen MR) is 52.0 cm³/mol. The van der Waals surface area contributed by atoms with Gasteiger partial charge in [0.2, 0.25) is 0 Å². The molecule has 0 bridgehead atoms. The van der Waals surface area contributed by atoms with Gasteiger partial charge in [-0.05, 0) is 51.4 Å². The SMILES string of the molecule is C=C1CCCC(C(C)O)CCC1. The van der Waals surface area contributed by atoms with Gasteiger partial charge in [-0.15, -0.1) is 0 Å². The molecule has 70 valence electrons. The maximum absolute atomic E-state index is 9.44. The summed E-state index contributed by atoms with van der Waals surface area (Å²) < 4.78 is 0. The van der Waals surface area contributed by atoms with E-state index in [0.29, 0.717) is 5.92 Å². The molecule has 0 aromatic heterocycles. The lowest BCUT2D eigenvalue weighted by atomic mass is 9.86. The first-order valence-corrected chi connectivity index (χ1v) is 5.05. The summed E-state index contributed by atoms with van der Waals surface area (Å²) >= 11 is 0. The third-order valence-electron chi connectivity index (χ3n) is 2.89. The Balaban J connectivity index is 2.35. The summed E-state index contributed by atoms with van der Waals surface area (Å²) in [5.41, 5.74) is 1.40. The van der Waals surface area contributed by atoms with Gasteiger partial charge in [-0.2, -0.15) is 0 Å². The quantitative estimate of drug-likeness (QED) is 0.597. The van der Waals surface area contributed by atoms with Gasteiger partial charge in [0.1, 0.15) is 0 Å². The minimum Gasteiger partial charge on any atom is -0.393 e. The van der Waals surface area contributed by atoms with E-state index in [4.69, 9.17) is 0 Å². The van der Waals surface area contributed by atoms with Crippen molar-refractivity contribution in [2.24, 2.45) is 5.92 Å². The minimum absolute atomic E-state index is 0.114. The van der Waals surface area contributed by atoms with Gasteiger partial charge >= 0.3 is 0 Å². The fourth-order valence-electron chi connectivity index (χ4n) is 1.98. The van der Waals surface area contributed by atoms with Gasteiger partial charge in [0.25, 0.3) is 0 Å². The number of rotatable bonds is 1. The van der Waals surface area contributed by atoms with E-state index in [9.17, 15) is 5.11 Å². The van der Waals surface area contributed by atoms with Crippen LogP contribution in [0.3, 0.4) is 0 Å². The maximum atomic E-state index is 9.44. The van der Waals surface area contributed by atoms with Gasteiger partial charge in [0.15, 0.2) is 0 Å². The Morgan fingerprint density at radius 1 is 1.33 bits per heavy atom. The molecular formula is C11H20O. The fraction of sp³-hybridized carbons (Fsp3) is 0.818. The summed E-state index contributed by atoms with van der Waals surface area (Å²) in [6, 6.07) is 0. The molecule has 0 amide bonds. The second-order valence-electron chi connectivity index (χ2n) is 4.04. The number of allylic oxidation sites excluding steroid dienone is 1. The third-order valence-corrected chi connectivity index (χ3v) is 2.89. The normalized spacial score (nSPS) is 24.7. The standard InChI is InChI=1S/C11H20O/c1-9-5-3-7-11(10(2)12)8-4-6-9/h10-12H,1,3-8H2,2H3. The highest BCUT2D eigenvalue weighted by Gasteiger charge is 2.16. The van der Waals surface area contributed by atoms with Crippen molar-refractivity contribution in [1.29, 1.82) is 0 Å². The molecule has 1 aliphatic carbocycles. The molecule has 1 heteroatoms. The summed E-state index contributed by atoms with van der Waals surface area (Å²) in [5.74, 6) is 0.540. The molecule has 1 aliphatic rings. The van der Waals surface area contributed by atoms with Crippen LogP contribution >= 0.6 is 0 Å². The Kier molecular flexibility index (Phi) is 3.80. The van der Waals surface area contributed by atoms with Gasteiger partial charge < -0.3 is 5.11 Å². The van der Waals surface area contributed by atoms with Crippen LogP contribution in [-0.4, -0.2) is 11.2 Å². The molecule has 12 heavy (non-hydrogen) atoms. The van der Waals surface area contributed by atoms with Crippen LogP contribution in [-0.2, 0) is 0 Å². The third kappa shape index (κ3) is 2.98. The van der Waals surface area contributed by atoms with E-state index in [1.807, 2.05) is 6.92 Å². The first-order valence-electron chi connectivity index (χ1n) is 5.05. The van der Waals surface area contributed by atoms with Crippen LogP contribution in [0.1, 0.15) is 45.4 Å². The lowest BCUT2D eigenvalue weighted by Gasteiger charge is -2.22. The second-order valence-corrected chi connectivity index (χ2v) is 4.04. The van der Waals surface area contributed by atoms with Gasteiger partial charge in [-0.3, -0.25) is 0 Å². The molecule has 0 spiro atoms.